The predicted molar refractivity (Wildman–Crippen MR) is 59.9 cm³/mol. The maximum absolute atomic E-state index is 10.8. The van der Waals surface area contributed by atoms with E-state index < -0.39 is 4.92 Å². The van der Waals surface area contributed by atoms with Gasteiger partial charge in [0.15, 0.2) is 5.69 Å². The Morgan fingerprint density at radius 1 is 1.28 bits per heavy atom. The van der Waals surface area contributed by atoms with E-state index in [2.05, 4.69) is 9.97 Å². The average Bonchev–Trinajstić information content (AvgIpc) is 2.40. The summed E-state index contributed by atoms with van der Waals surface area (Å²) in [5.41, 5.74) is -0.0198. The highest BCUT2D eigenvalue weighted by atomic mass is 16.6. The van der Waals surface area contributed by atoms with Crippen LogP contribution in [0.15, 0.2) is 36.7 Å². The first-order valence-corrected chi connectivity index (χ1v) is 4.84. The summed E-state index contributed by atoms with van der Waals surface area (Å²) in [4.78, 5) is 17.8. The third-order valence-electron chi connectivity index (χ3n) is 2.02. The first kappa shape index (κ1) is 11.5. The summed E-state index contributed by atoms with van der Waals surface area (Å²) in [6.07, 6.45) is 2.46. The van der Waals surface area contributed by atoms with Crippen molar-refractivity contribution < 1.29 is 9.66 Å². The lowest BCUT2D eigenvalue weighted by molar-refractivity contribution is -0.385. The predicted octanol–water partition coefficient (Wildman–Crippen LogP) is 2.05. The monoisotopic (exact) mass is 242 g/mol. The third-order valence-corrected chi connectivity index (χ3v) is 2.02. The molecular formula is C11H6N4O3. The highest BCUT2D eigenvalue weighted by Crippen LogP contribution is 2.29. The van der Waals surface area contributed by atoms with Gasteiger partial charge in [-0.3, -0.25) is 10.1 Å². The Morgan fingerprint density at radius 2 is 2.06 bits per heavy atom. The molecule has 18 heavy (non-hydrogen) atoms. The van der Waals surface area contributed by atoms with E-state index in [1.165, 1.54) is 30.6 Å². The summed E-state index contributed by atoms with van der Waals surface area (Å²) in [5.74, 6) is 0.157. The maximum atomic E-state index is 10.8. The van der Waals surface area contributed by atoms with Crippen molar-refractivity contribution >= 4 is 5.69 Å². The Bertz CT molecular complexity index is 619. The molecule has 0 N–H and O–H groups in total. The van der Waals surface area contributed by atoms with Crippen LogP contribution in [-0.2, 0) is 0 Å². The number of aromatic nitrogens is 2. The summed E-state index contributed by atoms with van der Waals surface area (Å²) in [6, 6.07) is 7.74. The zero-order valence-corrected chi connectivity index (χ0v) is 8.98. The Morgan fingerprint density at radius 3 is 2.67 bits per heavy atom. The smallest absolute Gasteiger partial charge is 0.311 e. The Labute approximate surface area is 101 Å². The lowest BCUT2D eigenvalue weighted by atomic mass is 10.3. The number of hydrogen-bond donors (Lipinski definition) is 0. The van der Waals surface area contributed by atoms with Gasteiger partial charge in [0, 0.05) is 6.07 Å². The van der Waals surface area contributed by atoms with Gasteiger partial charge in [0.25, 0.3) is 0 Å². The molecule has 0 amide bonds. The first-order chi connectivity index (χ1) is 8.70. The molecule has 88 valence electrons. The van der Waals surface area contributed by atoms with Crippen LogP contribution in [-0.4, -0.2) is 14.9 Å². The molecule has 7 heteroatoms. The van der Waals surface area contributed by atoms with Crippen LogP contribution in [0, 0.1) is 21.4 Å². The van der Waals surface area contributed by atoms with Crippen molar-refractivity contribution in [2.45, 2.75) is 0 Å². The van der Waals surface area contributed by atoms with Crippen LogP contribution in [0.3, 0.4) is 0 Å². The zero-order valence-electron chi connectivity index (χ0n) is 8.98. The van der Waals surface area contributed by atoms with E-state index in [0.717, 1.165) is 0 Å². The average molecular weight is 242 g/mol. The van der Waals surface area contributed by atoms with E-state index >= 15 is 0 Å². The van der Waals surface area contributed by atoms with Crippen molar-refractivity contribution in [1.82, 2.24) is 9.97 Å². The topological polar surface area (TPSA) is 102 Å². The molecule has 1 aromatic heterocycles. The van der Waals surface area contributed by atoms with E-state index in [0.29, 0.717) is 0 Å². The minimum Gasteiger partial charge on any atom is -0.430 e. The van der Waals surface area contributed by atoms with Crippen LogP contribution < -0.4 is 4.74 Å². The molecule has 0 saturated carbocycles. The SMILES string of the molecule is N#Cc1cnc(Oc2ccccc2[N+](=O)[O-])cn1. The van der Waals surface area contributed by atoms with E-state index in [-0.39, 0.29) is 23.0 Å². The molecule has 0 saturated heterocycles. The van der Waals surface area contributed by atoms with Crippen molar-refractivity contribution in [2.75, 3.05) is 0 Å². The second kappa shape index (κ2) is 4.88. The van der Waals surface area contributed by atoms with Crippen molar-refractivity contribution in [2.24, 2.45) is 0 Å². The number of benzene rings is 1. The van der Waals surface area contributed by atoms with E-state index in [1.807, 2.05) is 6.07 Å². The highest BCUT2D eigenvalue weighted by Gasteiger charge is 2.14. The first-order valence-electron chi connectivity index (χ1n) is 4.84. The standard InChI is InChI=1S/C11H6N4O3/c12-5-8-6-14-11(7-13-8)18-10-4-2-1-3-9(10)15(16)17/h1-4,6-7H. The molecule has 0 aliphatic heterocycles. The molecule has 0 aliphatic carbocycles. The third kappa shape index (κ3) is 2.38. The largest absolute Gasteiger partial charge is 0.430 e. The van der Waals surface area contributed by atoms with Gasteiger partial charge in [0.1, 0.15) is 6.07 Å². The van der Waals surface area contributed by atoms with E-state index in [4.69, 9.17) is 10.00 Å². The van der Waals surface area contributed by atoms with Crippen molar-refractivity contribution in [3.05, 3.63) is 52.5 Å². The van der Waals surface area contributed by atoms with E-state index in [1.54, 1.807) is 6.07 Å². The van der Waals surface area contributed by atoms with Crippen LogP contribution in [0.4, 0.5) is 5.69 Å². The quantitative estimate of drug-likeness (QED) is 0.602. The maximum Gasteiger partial charge on any atom is 0.311 e. The van der Waals surface area contributed by atoms with Crippen LogP contribution in [0.5, 0.6) is 11.6 Å². The second-order valence-electron chi connectivity index (χ2n) is 3.18. The molecule has 2 rings (SSSR count). The minimum atomic E-state index is -0.549. The fourth-order valence-electron chi connectivity index (χ4n) is 1.23. The summed E-state index contributed by atoms with van der Waals surface area (Å²) >= 11 is 0. The van der Waals surface area contributed by atoms with Gasteiger partial charge >= 0.3 is 5.69 Å². The molecule has 0 spiro atoms. The summed E-state index contributed by atoms with van der Waals surface area (Å²) in [6.45, 7) is 0. The minimum absolute atomic E-state index is 0.0708. The van der Waals surface area contributed by atoms with Gasteiger partial charge in [-0.05, 0) is 6.07 Å². The van der Waals surface area contributed by atoms with Crippen LogP contribution in [0.2, 0.25) is 0 Å². The fraction of sp³-hybridized carbons (Fsp3) is 0. The number of nitro groups is 1. The lowest BCUT2D eigenvalue weighted by Gasteiger charge is -2.04. The van der Waals surface area contributed by atoms with Gasteiger partial charge < -0.3 is 4.74 Å². The number of ether oxygens (including phenoxy) is 1. The van der Waals surface area contributed by atoms with Gasteiger partial charge in [0.05, 0.1) is 17.3 Å². The molecular weight excluding hydrogens is 236 g/mol. The second-order valence-corrected chi connectivity index (χ2v) is 3.18. The molecule has 0 radical (unpaired) electrons. The fourth-order valence-corrected chi connectivity index (χ4v) is 1.23. The van der Waals surface area contributed by atoms with Gasteiger partial charge in [-0.25, -0.2) is 9.97 Å². The zero-order chi connectivity index (χ0) is 13.0. The van der Waals surface area contributed by atoms with Crippen LogP contribution in [0.1, 0.15) is 5.69 Å². The molecule has 1 heterocycles. The van der Waals surface area contributed by atoms with Crippen LogP contribution >= 0.6 is 0 Å². The van der Waals surface area contributed by atoms with Crippen molar-refractivity contribution in [3.8, 4) is 17.7 Å². The van der Waals surface area contributed by atoms with E-state index in [9.17, 15) is 10.1 Å². The van der Waals surface area contributed by atoms with Gasteiger partial charge in [0.2, 0.25) is 11.6 Å². The van der Waals surface area contributed by atoms with Crippen LogP contribution in [0.25, 0.3) is 0 Å². The normalized spacial score (nSPS) is 9.50. The number of para-hydroxylation sites is 2. The van der Waals surface area contributed by atoms with Gasteiger partial charge in [-0.15, -0.1) is 0 Å². The Balaban J connectivity index is 2.28. The highest BCUT2D eigenvalue weighted by molar-refractivity contribution is 5.47. The number of rotatable bonds is 3. The molecule has 0 aliphatic rings. The number of nitro benzene ring substituents is 1. The molecule has 0 bridgehead atoms. The molecule has 2 aromatic rings. The van der Waals surface area contributed by atoms with Crippen molar-refractivity contribution in [3.63, 3.8) is 0 Å². The number of hydrogen-bond acceptors (Lipinski definition) is 6. The Hall–Kier alpha value is -3.01. The molecule has 1 aromatic carbocycles. The molecule has 7 nitrogen and oxygen atoms in total. The molecule has 0 fully saturated rings. The number of nitrogens with zero attached hydrogens (tertiary/aromatic N) is 4. The summed E-state index contributed by atoms with van der Waals surface area (Å²) in [7, 11) is 0. The Kier molecular flexibility index (Phi) is 3.11. The van der Waals surface area contributed by atoms with Crippen molar-refractivity contribution in [1.29, 1.82) is 5.26 Å². The summed E-state index contributed by atoms with van der Waals surface area (Å²) in [5, 5.41) is 19.3. The summed E-state index contributed by atoms with van der Waals surface area (Å²) < 4.78 is 5.25. The van der Waals surface area contributed by atoms with Gasteiger partial charge in [-0.1, -0.05) is 12.1 Å². The molecule has 0 unspecified atom stereocenters. The van der Waals surface area contributed by atoms with Gasteiger partial charge in [-0.2, -0.15) is 5.26 Å². The lowest BCUT2D eigenvalue weighted by Crippen LogP contribution is -1.95. The number of nitriles is 1. The molecule has 0 atom stereocenters.